The van der Waals surface area contributed by atoms with Crippen LogP contribution >= 0.6 is 34.3 Å². The zero-order chi connectivity index (χ0) is 18.1. The van der Waals surface area contributed by atoms with Gasteiger partial charge < -0.3 is 10.1 Å². The van der Waals surface area contributed by atoms with E-state index < -0.39 is 16.8 Å². The third kappa shape index (κ3) is 3.21. The maximum atomic E-state index is 12.5. The molecule has 0 unspecified atom stereocenters. The maximum absolute atomic E-state index is 12.5. The minimum atomic E-state index is -0.552. The number of benzene rings is 1. The minimum absolute atomic E-state index is 0.0804. The third-order valence-corrected chi connectivity index (χ3v) is 5.86. The van der Waals surface area contributed by atoms with Gasteiger partial charge in [0.15, 0.2) is 0 Å². The van der Waals surface area contributed by atoms with Crippen LogP contribution in [0.3, 0.4) is 0 Å². The zero-order valence-electron chi connectivity index (χ0n) is 12.6. The molecule has 0 bridgehead atoms. The summed E-state index contributed by atoms with van der Waals surface area (Å²) in [5.74, 6) is -1.05. The van der Waals surface area contributed by atoms with Crippen molar-refractivity contribution in [2.45, 2.75) is 0 Å². The molecule has 2 aromatic heterocycles. The molecule has 0 fully saturated rings. The Kier molecular flexibility index (Phi) is 4.71. The summed E-state index contributed by atoms with van der Waals surface area (Å²) >= 11 is 8.43. The van der Waals surface area contributed by atoms with Crippen molar-refractivity contribution in [3.8, 4) is 0 Å². The van der Waals surface area contributed by atoms with Gasteiger partial charge in [0.2, 0.25) is 0 Å². The first-order chi connectivity index (χ1) is 11.9. The van der Waals surface area contributed by atoms with E-state index in [4.69, 9.17) is 11.6 Å². The molecule has 0 radical (unpaired) electrons. The number of fused-ring (bicyclic) bond motifs is 1. The highest BCUT2D eigenvalue weighted by Crippen LogP contribution is 2.38. The first-order valence-electron chi connectivity index (χ1n) is 6.76. The van der Waals surface area contributed by atoms with Crippen LogP contribution in [0.2, 0.25) is 5.02 Å². The lowest BCUT2D eigenvalue weighted by Crippen LogP contribution is -2.13. The quantitative estimate of drug-likeness (QED) is 0.396. The molecule has 1 N–H and O–H groups in total. The van der Waals surface area contributed by atoms with Crippen LogP contribution in [0.4, 0.5) is 11.4 Å². The third-order valence-electron chi connectivity index (χ3n) is 3.31. The molecule has 0 atom stereocenters. The van der Waals surface area contributed by atoms with Crippen molar-refractivity contribution < 1.29 is 19.2 Å². The smallest absolute Gasteiger partial charge is 0.350 e. The molecule has 1 amide bonds. The summed E-state index contributed by atoms with van der Waals surface area (Å²) in [6.07, 6.45) is 0. The number of methoxy groups -OCH3 is 1. The van der Waals surface area contributed by atoms with Crippen molar-refractivity contribution in [1.82, 2.24) is 0 Å². The predicted molar refractivity (Wildman–Crippen MR) is 97.1 cm³/mol. The average molecular weight is 397 g/mol. The number of thiophene rings is 2. The van der Waals surface area contributed by atoms with Crippen LogP contribution in [0.25, 0.3) is 10.1 Å². The van der Waals surface area contributed by atoms with Gasteiger partial charge in [-0.2, -0.15) is 0 Å². The monoisotopic (exact) mass is 396 g/mol. The second-order valence-corrected chi connectivity index (χ2v) is 7.14. The number of anilines is 1. The number of nitrogens with zero attached hydrogens (tertiary/aromatic N) is 1. The second kappa shape index (κ2) is 6.79. The molecule has 2 heterocycles. The Balaban J connectivity index is 1.95. The van der Waals surface area contributed by atoms with Crippen molar-refractivity contribution in [3.05, 3.63) is 54.5 Å². The number of rotatable bonds is 4. The van der Waals surface area contributed by atoms with Crippen LogP contribution in [0.1, 0.15) is 19.3 Å². The molecule has 3 rings (SSSR count). The predicted octanol–water partition coefficient (Wildman–Crippen LogP) is 4.56. The van der Waals surface area contributed by atoms with Gasteiger partial charge in [-0.05, 0) is 17.5 Å². The Morgan fingerprint density at radius 1 is 1.28 bits per heavy atom. The number of nitro benzene ring substituents is 1. The highest BCUT2D eigenvalue weighted by atomic mass is 35.5. The summed E-state index contributed by atoms with van der Waals surface area (Å²) in [5, 5.41) is 15.9. The summed E-state index contributed by atoms with van der Waals surface area (Å²) in [4.78, 5) is 35.0. The Morgan fingerprint density at radius 2 is 2.04 bits per heavy atom. The van der Waals surface area contributed by atoms with Gasteiger partial charge in [-0.25, -0.2) is 4.79 Å². The van der Waals surface area contributed by atoms with Gasteiger partial charge in [0.1, 0.15) is 9.75 Å². The highest BCUT2D eigenvalue weighted by Gasteiger charge is 2.21. The molecular formula is C15H9ClN2O5S2. The molecule has 7 nitrogen and oxygen atoms in total. The van der Waals surface area contributed by atoms with Crippen LogP contribution in [0.5, 0.6) is 0 Å². The van der Waals surface area contributed by atoms with E-state index in [1.165, 1.54) is 25.3 Å². The number of carbonyl (C=O) groups is 2. The largest absolute Gasteiger partial charge is 0.465 e. The van der Waals surface area contributed by atoms with Crippen molar-refractivity contribution >= 4 is 67.6 Å². The van der Waals surface area contributed by atoms with Gasteiger partial charge >= 0.3 is 5.97 Å². The molecule has 0 aliphatic rings. The molecule has 0 saturated carbocycles. The lowest BCUT2D eigenvalue weighted by Gasteiger charge is -2.04. The molecule has 0 aliphatic carbocycles. The Morgan fingerprint density at radius 3 is 2.72 bits per heavy atom. The van der Waals surface area contributed by atoms with Crippen molar-refractivity contribution in [3.63, 3.8) is 0 Å². The number of halogens is 1. The highest BCUT2D eigenvalue weighted by molar-refractivity contribution is 7.21. The summed E-state index contributed by atoms with van der Waals surface area (Å²) in [6.45, 7) is 0. The normalized spacial score (nSPS) is 10.6. The van der Waals surface area contributed by atoms with Crippen LogP contribution in [-0.2, 0) is 4.74 Å². The van der Waals surface area contributed by atoms with Gasteiger partial charge in [0, 0.05) is 22.2 Å². The SMILES string of the molecule is COC(=O)c1sccc1NC(=O)c1sc2cc([N+](=O)[O-])ccc2c1Cl. The summed E-state index contributed by atoms with van der Waals surface area (Å²) in [5.41, 5.74) is 0.240. The van der Waals surface area contributed by atoms with Crippen molar-refractivity contribution in [2.24, 2.45) is 0 Å². The van der Waals surface area contributed by atoms with Crippen molar-refractivity contribution in [2.75, 3.05) is 12.4 Å². The van der Waals surface area contributed by atoms with Gasteiger partial charge in [0.25, 0.3) is 11.6 Å². The number of nitrogens with one attached hydrogen (secondary N) is 1. The zero-order valence-corrected chi connectivity index (χ0v) is 15.0. The molecular weight excluding hydrogens is 388 g/mol. The molecule has 1 aromatic carbocycles. The number of hydrogen-bond donors (Lipinski definition) is 1. The standard InChI is InChI=1S/C15H9ClN2O5S2/c1-23-15(20)12-9(4-5-24-12)17-14(19)13-11(16)8-3-2-7(18(21)22)6-10(8)25-13/h2-6H,1H3,(H,17,19). The molecule has 128 valence electrons. The van der Waals surface area contributed by atoms with E-state index in [-0.39, 0.29) is 20.5 Å². The van der Waals surface area contributed by atoms with Crippen molar-refractivity contribution in [1.29, 1.82) is 0 Å². The molecule has 25 heavy (non-hydrogen) atoms. The van der Waals surface area contributed by atoms with Gasteiger partial charge in [-0.3, -0.25) is 14.9 Å². The fraction of sp³-hybridized carbons (Fsp3) is 0.0667. The van der Waals surface area contributed by atoms with Crippen LogP contribution in [-0.4, -0.2) is 23.9 Å². The first kappa shape index (κ1) is 17.3. The molecule has 10 heteroatoms. The lowest BCUT2D eigenvalue weighted by atomic mass is 10.2. The Hall–Kier alpha value is -2.49. The molecule has 0 saturated heterocycles. The summed E-state index contributed by atoms with van der Waals surface area (Å²) in [7, 11) is 1.25. The number of ether oxygens (including phenoxy) is 1. The molecule has 3 aromatic rings. The summed E-state index contributed by atoms with van der Waals surface area (Å²) in [6, 6.07) is 5.79. The number of hydrogen-bond acceptors (Lipinski definition) is 7. The Bertz CT molecular complexity index is 1010. The van der Waals surface area contributed by atoms with E-state index in [1.54, 1.807) is 11.4 Å². The van der Waals surface area contributed by atoms with E-state index in [2.05, 4.69) is 10.1 Å². The number of carbonyl (C=O) groups excluding carboxylic acids is 2. The van der Waals surface area contributed by atoms with Crippen LogP contribution in [0.15, 0.2) is 29.6 Å². The second-order valence-electron chi connectivity index (χ2n) is 4.79. The first-order valence-corrected chi connectivity index (χ1v) is 8.83. The van der Waals surface area contributed by atoms with Crippen LogP contribution in [0, 0.1) is 10.1 Å². The Labute approximate surface area is 153 Å². The van der Waals surface area contributed by atoms with E-state index >= 15 is 0 Å². The van der Waals surface area contributed by atoms with Gasteiger partial charge in [0.05, 0.1) is 22.7 Å². The number of esters is 1. The average Bonchev–Trinajstić information content (AvgIpc) is 3.18. The van der Waals surface area contributed by atoms with Crippen LogP contribution < -0.4 is 5.32 Å². The lowest BCUT2D eigenvalue weighted by molar-refractivity contribution is -0.384. The number of amides is 1. The number of nitro groups is 1. The fourth-order valence-electron chi connectivity index (χ4n) is 2.15. The maximum Gasteiger partial charge on any atom is 0.350 e. The summed E-state index contributed by atoms with van der Waals surface area (Å²) < 4.78 is 5.19. The molecule has 0 spiro atoms. The van der Waals surface area contributed by atoms with Gasteiger partial charge in [-0.1, -0.05) is 11.6 Å². The number of non-ortho nitro benzene ring substituents is 1. The van der Waals surface area contributed by atoms with Gasteiger partial charge in [-0.15, -0.1) is 22.7 Å². The minimum Gasteiger partial charge on any atom is -0.465 e. The molecule has 0 aliphatic heterocycles. The van der Waals surface area contributed by atoms with E-state index in [0.29, 0.717) is 15.8 Å². The van der Waals surface area contributed by atoms with E-state index in [0.717, 1.165) is 22.7 Å². The van der Waals surface area contributed by atoms with E-state index in [1.807, 2.05) is 0 Å². The van der Waals surface area contributed by atoms with E-state index in [9.17, 15) is 19.7 Å². The fourth-order valence-corrected chi connectivity index (χ4v) is 4.36. The topological polar surface area (TPSA) is 98.5 Å².